The van der Waals surface area contributed by atoms with E-state index in [-0.39, 0.29) is 6.03 Å². The molecule has 2 amide bonds. The number of aliphatic hydroxyl groups excluding tert-OH is 1. The second-order valence-electron chi connectivity index (χ2n) is 3.26. The van der Waals surface area contributed by atoms with Gasteiger partial charge in [0.15, 0.2) is 0 Å². The van der Waals surface area contributed by atoms with Gasteiger partial charge in [0.25, 0.3) is 0 Å². The molecular formula is C9H21N3O2. The van der Waals surface area contributed by atoms with Gasteiger partial charge >= 0.3 is 6.03 Å². The first-order valence-corrected chi connectivity index (χ1v) is 4.99. The SMILES string of the molecule is CCN(CC)C(=O)NCC(N)C(C)O. The smallest absolute Gasteiger partial charge is 0.317 e. The maximum absolute atomic E-state index is 11.4. The summed E-state index contributed by atoms with van der Waals surface area (Å²) in [7, 11) is 0. The number of carbonyl (C=O) groups excluding carboxylic acids is 1. The van der Waals surface area contributed by atoms with E-state index in [9.17, 15) is 4.79 Å². The molecule has 0 saturated carbocycles. The van der Waals surface area contributed by atoms with Crippen LogP contribution in [-0.4, -0.2) is 47.8 Å². The number of carbonyl (C=O) groups is 1. The van der Waals surface area contributed by atoms with Crippen LogP contribution in [0, 0.1) is 0 Å². The van der Waals surface area contributed by atoms with Crippen LogP contribution >= 0.6 is 0 Å². The summed E-state index contributed by atoms with van der Waals surface area (Å²) in [6, 6.07) is -0.541. The topological polar surface area (TPSA) is 78.6 Å². The third-order valence-electron chi connectivity index (χ3n) is 2.16. The fourth-order valence-electron chi connectivity index (χ4n) is 0.998. The van der Waals surface area contributed by atoms with E-state index in [0.29, 0.717) is 19.6 Å². The van der Waals surface area contributed by atoms with Gasteiger partial charge in [0.1, 0.15) is 0 Å². The second kappa shape index (κ2) is 6.62. The molecule has 0 radical (unpaired) electrons. The predicted octanol–water partition coefficient (Wildman–Crippen LogP) is -0.254. The standard InChI is InChI=1S/C9H21N3O2/c1-4-12(5-2)9(14)11-6-8(10)7(3)13/h7-8,13H,4-6,10H2,1-3H3,(H,11,14). The Labute approximate surface area is 85.3 Å². The first-order chi connectivity index (χ1) is 6.52. The Bertz CT molecular complexity index is 169. The quantitative estimate of drug-likeness (QED) is 0.576. The zero-order valence-electron chi connectivity index (χ0n) is 9.16. The van der Waals surface area contributed by atoms with E-state index in [4.69, 9.17) is 10.8 Å². The van der Waals surface area contributed by atoms with Crippen molar-refractivity contribution in [1.82, 2.24) is 10.2 Å². The van der Waals surface area contributed by atoms with E-state index in [0.717, 1.165) is 0 Å². The Balaban J connectivity index is 3.83. The van der Waals surface area contributed by atoms with Gasteiger partial charge in [-0.3, -0.25) is 0 Å². The zero-order chi connectivity index (χ0) is 11.1. The van der Waals surface area contributed by atoms with Crippen LogP contribution in [-0.2, 0) is 0 Å². The second-order valence-corrected chi connectivity index (χ2v) is 3.26. The molecule has 84 valence electrons. The molecule has 4 N–H and O–H groups in total. The highest BCUT2D eigenvalue weighted by Gasteiger charge is 2.13. The molecular weight excluding hydrogens is 182 g/mol. The average Bonchev–Trinajstić information content (AvgIpc) is 2.15. The molecule has 0 aliphatic rings. The van der Waals surface area contributed by atoms with Crippen LogP contribution < -0.4 is 11.1 Å². The van der Waals surface area contributed by atoms with Crippen molar-refractivity contribution in [3.8, 4) is 0 Å². The average molecular weight is 203 g/mol. The fraction of sp³-hybridized carbons (Fsp3) is 0.889. The van der Waals surface area contributed by atoms with Gasteiger partial charge in [0, 0.05) is 25.7 Å². The van der Waals surface area contributed by atoms with E-state index in [1.807, 2.05) is 13.8 Å². The van der Waals surface area contributed by atoms with Gasteiger partial charge in [0.2, 0.25) is 0 Å². The molecule has 14 heavy (non-hydrogen) atoms. The molecule has 0 aliphatic carbocycles. The molecule has 0 saturated heterocycles. The number of amides is 2. The summed E-state index contributed by atoms with van der Waals surface area (Å²) in [6.07, 6.45) is -0.605. The van der Waals surface area contributed by atoms with E-state index < -0.39 is 12.1 Å². The highest BCUT2D eigenvalue weighted by molar-refractivity contribution is 5.74. The number of rotatable bonds is 5. The third kappa shape index (κ3) is 4.43. The Morgan fingerprint density at radius 2 is 2.00 bits per heavy atom. The predicted molar refractivity (Wildman–Crippen MR) is 56.0 cm³/mol. The Kier molecular flexibility index (Phi) is 6.23. The molecule has 0 aromatic rings. The number of nitrogens with one attached hydrogen (secondary N) is 1. The van der Waals surface area contributed by atoms with Crippen molar-refractivity contribution in [2.24, 2.45) is 5.73 Å². The van der Waals surface area contributed by atoms with Gasteiger partial charge in [-0.1, -0.05) is 0 Å². The van der Waals surface area contributed by atoms with Gasteiger partial charge in [-0.15, -0.1) is 0 Å². The summed E-state index contributed by atoms with van der Waals surface area (Å²) < 4.78 is 0. The van der Waals surface area contributed by atoms with Crippen LogP contribution in [0.15, 0.2) is 0 Å². The summed E-state index contributed by atoms with van der Waals surface area (Å²) in [6.45, 7) is 7.08. The minimum absolute atomic E-state index is 0.133. The lowest BCUT2D eigenvalue weighted by Gasteiger charge is -2.21. The molecule has 0 rings (SSSR count). The van der Waals surface area contributed by atoms with E-state index in [2.05, 4.69) is 5.32 Å². The Hall–Kier alpha value is -0.810. The van der Waals surface area contributed by atoms with Crippen LogP contribution in [0.25, 0.3) is 0 Å². The van der Waals surface area contributed by atoms with E-state index in [1.165, 1.54) is 0 Å². The number of hydrogen-bond acceptors (Lipinski definition) is 3. The van der Waals surface area contributed by atoms with Crippen LogP contribution in [0.2, 0.25) is 0 Å². The lowest BCUT2D eigenvalue weighted by molar-refractivity contribution is 0.159. The molecule has 2 unspecified atom stereocenters. The zero-order valence-corrected chi connectivity index (χ0v) is 9.16. The van der Waals surface area contributed by atoms with Crippen LogP contribution in [0.1, 0.15) is 20.8 Å². The molecule has 2 atom stereocenters. The molecule has 0 aromatic heterocycles. The van der Waals surface area contributed by atoms with Crippen molar-refractivity contribution in [2.45, 2.75) is 32.9 Å². The minimum atomic E-state index is -0.605. The minimum Gasteiger partial charge on any atom is -0.392 e. The van der Waals surface area contributed by atoms with Crippen molar-refractivity contribution >= 4 is 6.03 Å². The van der Waals surface area contributed by atoms with Gasteiger partial charge in [-0.2, -0.15) is 0 Å². The highest BCUT2D eigenvalue weighted by atomic mass is 16.3. The number of hydrogen-bond donors (Lipinski definition) is 3. The lowest BCUT2D eigenvalue weighted by atomic mass is 10.2. The molecule has 5 nitrogen and oxygen atoms in total. The van der Waals surface area contributed by atoms with Crippen molar-refractivity contribution in [3.63, 3.8) is 0 Å². The number of nitrogens with two attached hydrogens (primary N) is 1. The molecule has 0 heterocycles. The monoisotopic (exact) mass is 203 g/mol. The van der Waals surface area contributed by atoms with Crippen molar-refractivity contribution in [1.29, 1.82) is 0 Å². The summed E-state index contributed by atoms with van der Waals surface area (Å²) >= 11 is 0. The van der Waals surface area contributed by atoms with Gasteiger partial charge in [-0.25, -0.2) is 4.79 Å². The largest absolute Gasteiger partial charge is 0.392 e. The maximum Gasteiger partial charge on any atom is 0.317 e. The number of nitrogens with zero attached hydrogens (tertiary/aromatic N) is 1. The summed E-state index contributed by atoms with van der Waals surface area (Å²) in [5.74, 6) is 0. The van der Waals surface area contributed by atoms with Gasteiger partial charge in [-0.05, 0) is 20.8 Å². The highest BCUT2D eigenvalue weighted by Crippen LogP contribution is 1.90. The molecule has 0 aromatic carbocycles. The van der Waals surface area contributed by atoms with Gasteiger partial charge in [0.05, 0.1) is 6.10 Å². The molecule has 5 heteroatoms. The first kappa shape index (κ1) is 13.2. The van der Waals surface area contributed by atoms with Crippen LogP contribution in [0.5, 0.6) is 0 Å². The van der Waals surface area contributed by atoms with Crippen LogP contribution in [0.4, 0.5) is 4.79 Å². The number of aliphatic hydroxyl groups is 1. The fourth-order valence-corrected chi connectivity index (χ4v) is 0.998. The summed E-state index contributed by atoms with van der Waals surface area (Å²) in [4.78, 5) is 13.1. The van der Waals surface area contributed by atoms with Gasteiger partial charge < -0.3 is 21.1 Å². The normalized spacial score (nSPS) is 14.6. The van der Waals surface area contributed by atoms with E-state index in [1.54, 1.807) is 11.8 Å². The summed E-state index contributed by atoms with van der Waals surface area (Å²) in [5.41, 5.74) is 5.56. The number of urea groups is 1. The first-order valence-electron chi connectivity index (χ1n) is 4.99. The molecule has 0 aliphatic heterocycles. The van der Waals surface area contributed by atoms with Crippen LogP contribution in [0.3, 0.4) is 0 Å². The van der Waals surface area contributed by atoms with E-state index >= 15 is 0 Å². The maximum atomic E-state index is 11.4. The lowest BCUT2D eigenvalue weighted by Crippen LogP contribution is -2.48. The van der Waals surface area contributed by atoms with Crippen molar-refractivity contribution in [3.05, 3.63) is 0 Å². The molecule has 0 spiro atoms. The summed E-state index contributed by atoms with van der Waals surface area (Å²) in [5, 5.41) is 11.8. The van der Waals surface area contributed by atoms with Crippen molar-refractivity contribution < 1.29 is 9.90 Å². The Morgan fingerprint density at radius 1 is 1.50 bits per heavy atom. The molecule has 0 bridgehead atoms. The van der Waals surface area contributed by atoms with Crippen molar-refractivity contribution in [2.75, 3.05) is 19.6 Å². The Morgan fingerprint density at radius 3 is 2.36 bits per heavy atom. The molecule has 0 fully saturated rings. The third-order valence-corrected chi connectivity index (χ3v) is 2.16.